The third-order valence-corrected chi connectivity index (χ3v) is 8.22. The Labute approximate surface area is 202 Å². The normalized spacial score (nSPS) is 18.6. The molecule has 1 atom stereocenters. The van der Waals surface area contributed by atoms with Crippen LogP contribution in [0.3, 0.4) is 0 Å². The van der Waals surface area contributed by atoms with Crippen molar-refractivity contribution < 1.29 is 17.9 Å². The molecule has 2 heterocycles. The fraction of sp³-hybridized carbons (Fsp3) is 0.480. The highest BCUT2D eigenvalue weighted by Crippen LogP contribution is 2.26. The van der Waals surface area contributed by atoms with E-state index in [-0.39, 0.29) is 23.0 Å². The minimum absolute atomic E-state index is 0.0953. The molecule has 2 fully saturated rings. The number of methoxy groups -OCH3 is 1. The van der Waals surface area contributed by atoms with Crippen LogP contribution in [0, 0.1) is 0 Å². The summed E-state index contributed by atoms with van der Waals surface area (Å²) in [6, 6.07) is 16.3. The minimum Gasteiger partial charge on any atom is -0.497 e. The summed E-state index contributed by atoms with van der Waals surface area (Å²) < 4.78 is 33.2. The number of benzene rings is 2. The number of carbonyl (C=O) groups is 1. The number of urea groups is 1. The van der Waals surface area contributed by atoms with Gasteiger partial charge < -0.3 is 15.0 Å². The van der Waals surface area contributed by atoms with E-state index in [4.69, 9.17) is 4.74 Å². The molecule has 2 aromatic rings. The lowest BCUT2D eigenvalue weighted by molar-refractivity contribution is 0.173. The Morgan fingerprint density at radius 1 is 1.00 bits per heavy atom. The minimum atomic E-state index is -3.55. The van der Waals surface area contributed by atoms with Gasteiger partial charge in [0.15, 0.2) is 0 Å². The molecule has 184 valence electrons. The van der Waals surface area contributed by atoms with Gasteiger partial charge in [0, 0.05) is 25.7 Å². The summed E-state index contributed by atoms with van der Waals surface area (Å²) in [5, 5.41) is 3.12. The number of hydrogen-bond acceptors (Lipinski definition) is 5. The van der Waals surface area contributed by atoms with Crippen LogP contribution in [0.5, 0.6) is 5.75 Å². The SMILES string of the molecule is COc1ccc([C@@H](CNC(=O)N2CCC(NS(=O)(=O)c3ccccc3)CC2)N2CCCC2)cc1. The Kier molecular flexibility index (Phi) is 8.07. The van der Waals surface area contributed by atoms with Gasteiger partial charge in [0.2, 0.25) is 10.0 Å². The molecule has 2 saturated heterocycles. The number of ether oxygens (including phenoxy) is 1. The van der Waals surface area contributed by atoms with Gasteiger partial charge in [-0.2, -0.15) is 0 Å². The average Bonchev–Trinajstić information content (AvgIpc) is 3.40. The molecule has 2 aromatic carbocycles. The molecule has 0 aromatic heterocycles. The van der Waals surface area contributed by atoms with Crippen LogP contribution in [-0.4, -0.2) is 70.1 Å². The number of nitrogens with zero attached hydrogens (tertiary/aromatic N) is 2. The maximum absolute atomic E-state index is 12.9. The van der Waals surface area contributed by atoms with Gasteiger partial charge in [-0.1, -0.05) is 30.3 Å². The second kappa shape index (κ2) is 11.2. The zero-order valence-electron chi connectivity index (χ0n) is 19.7. The van der Waals surface area contributed by atoms with Crippen LogP contribution in [0.2, 0.25) is 0 Å². The molecule has 2 amide bonds. The van der Waals surface area contributed by atoms with Gasteiger partial charge in [-0.05, 0) is 68.6 Å². The second-order valence-electron chi connectivity index (χ2n) is 8.91. The smallest absolute Gasteiger partial charge is 0.317 e. The van der Waals surface area contributed by atoms with Gasteiger partial charge in [-0.3, -0.25) is 4.90 Å². The van der Waals surface area contributed by atoms with Crippen molar-refractivity contribution in [3.05, 3.63) is 60.2 Å². The van der Waals surface area contributed by atoms with E-state index in [0.29, 0.717) is 32.5 Å². The lowest BCUT2D eigenvalue weighted by Gasteiger charge is -2.33. The molecule has 0 radical (unpaired) electrons. The van der Waals surface area contributed by atoms with E-state index < -0.39 is 10.0 Å². The number of likely N-dealkylation sites (tertiary alicyclic amines) is 2. The lowest BCUT2D eigenvalue weighted by Crippen LogP contribution is -2.50. The van der Waals surface area contributed by atoms with Crippen LogP contribution >= 0.6 is 0 Å². The monoisotopic (exact) mass is 486 g/mol. The number of sulfonamides is 1. The second-order valence-corrected chi connectivity index (χ2v) is 10.6. The van der Waals surface area contributed by atoms with Crippen molar-refractivity contribution in [3.63, 3.8) is 0 Å². The quantitative estimate of drug-likeness (QED) is 0.599. The van der Waals surface area contributed by atoms with Gasteiger partial charge >= 0.3 is 6.03 Å². The first-order valence-corrected chi connectivity index (χ1v) is 13.4. The first-order chi connectivity index (χ1) is 16.5. The highest BCUT2D eigenvalue weighted by Gasteiger charge is 2.28. The molecule has 0 aliphatic carbocycles. The van der Waals surface area contributed by atoms with Crippen molar-refractivity contribution in [1.82, 2.24) is 19.8 Å². The fourth-order valence-corrected chi connectivity index (χ4v) is 6.05. The molecule has 0 saturated carbocycles. The van der Waals surface area contributed by atoms with Crippen LogP contribution in [0.25, 0.3) is 0 Å². The Balaban J connectivity index is 1.30. The lowest BCUT2D eigenvalue weighted by atomic mass is 10.0. The van der Waals surface area contributed by atoms with Crippen molar-refractivity contribution in [2.75, 3.05) is 39.8 Å². The first kappa shape index (κ1) is 24.5. The number of rotatable bonds is 8. The van der Waals surface area contributed by atoms with Crippen LogP contribution < -0.4 is 14.8 Å². The molecule has 9 heteroatoms. The number of piperidine rings is 1. The fourth-order valence-electron chi connectivity index (χ4n) is 4.72. The molecule has 4 rings (SSSR count). The Bertz CT molecular complexity index is 1030. The molecular formula is C25H34N4O4S. The number of nitrogens with one attached hydrogen (secondary N) is 2. The third-order valence-electron chi connectivity index (χ3n) is 6.69. The van der Waals surface area contributed by atoms with E-state index in [1.165, 1.54) is 12.8 Å². The van der Waals surface area contributed by atoms with E-state index >= 15 is 0 Å². The van der Waals surface area contributed by atoms with Gasteiger partial charge in [0.1, 0.15) is 5.75 Å². The largest absolute Gasteiger partial charge is 0.497 e. The van der Waals surface area contributed by atoms with E-state index in [2.05, 4.69) is 27.1 Å². The van der Waals surface area contributed by atoms with Gasteiger partial charge in [-0.15, -0.1) is 0 Å². The number of carbonyl (C=O) groups excluding carboxylic acids is 1. The highest BCUT2D eigenvalue weighted by atomic mass is 32.2. The van der Waals surface area contributed by atoms with Gasteiger partial charge in [0.05, 0.1) is 18.0 Å². The van der Waals surface area contributed by atoms with Crippen LogP contribution in [0.1, 0.15) is 37.3 Å². The van der Waals surface area contributed by atoms with Crippen molar-refractivity contribution in [2.45, 2.75) is 42.7 Å². The molecular weight excluding hydrogens is 452 g/mol. The topological polar surface area (TPSA) is 91.0 Å². The van der Waals surface area contributed by atoms with E-state index in [9.17, 15) is 13.2 Å². The average molecular weight is 487 g/mol. The molecule has 0 bridgehead atoms. The third kappa shape index (κ3) is 6.08. The molecule has 8 nitrogen and oxygen atoms in total. The molecule has 2 N–H and O–H groups in total. The van der Waals surface area contributed by atoms with Crippen molar-refractivity contribution in [2.24, 2.45) is 0 Å². The van der Waals surface area contributed by atoms with E-state index in [1.807, 2.05) is 12.1 Å². The maximum Gasteiger partial charge on any atom is 0.317 e. The highest BCUT2D eigenvalue weighted by molar-refractivity contribution is 7.89. The summed E-state index contributed by atoms with van der Waals surface area (Å²) in [6.45, 7) is 3.63. The van der Waals surface area contributed by atoms with Gasteiger partial charge in [-0.25, -0.2) is 17.9 Å². The first-order valence-electron chi connectivity index (χ1n) is 11.9. The molecule has 2 aliphatic rings. The summed E-state index contributed by atoms with van der Waals surface area (Å²) in [5.41, 5.74) is 1.16. The van der Waals surface area contributed by atoms with Crippen LogP contribution in [0.15, 0.2) is 59.5 Å². The Morgan fingerprint density at radius 3 is 2.26 bits per heavy atom. The molecule has 2 aliphatic heterocycles. The van der Waals surface area contributed by atoms with E-state index in [0.717, 1.165) is 24.4 Å². The van der Waals surface area contributed by atoms with Crippen molar-refractivity contribution in [1.29, 1.82) is 0 Å². The maximum atomic E-state index is 12.9. The summed E-state index contributed by atoms with van der Waals surface area (Å²) in [4.78, 5) is 17.4. The Morgan fingerprint density at radius 2 is 1.65 bits per heavy atom. The summed E-state index contributed by atoms with van der Waals surface area (Å²) >= 11 is 0. The summed E-state index contributed by atoms with van der Waals surface area (Å²) in [6.07, 6.45) is 3.53. The van der Waals surface area contributed by atoms with Gasteiger partial charge in [0.25, 0.3) is 0 Å². The Hall–Kier alpha value is -2.62. The summed E-state index contributed by atoms with van der Waals surface area (Å²) in [7, 11) is -1.89. The van der Waals surface area contributed by atoms with E-state index in [1.54, 1.807) is 42.3 Å². The zero-order valence-corrected chi connectivity index (χ0v) is 20.5. The predicted octanol–water partition coefficient (Wildman–Crippen LogP) is 2.98. The summed E-state index contributed by atoms with van der Waals surface area (Å²) in [5.74, 6) is 0.818. The molecule has 34 heavy (non-hydrogen) atoms. The van der Waals surface area contributed by atoms with Crippen molar-refractivity contribution >= 4 is 16.1 Å². The van der Waals surface area contributed by atoms with Crippen LogP contribution in [0.4, 0.5) is 4.79 Å². The van der Waals surface area contributed by atoms with Crippen LogP contribution in [-0.2, 0) is 10.0 Å². The number of amides is 2. The van der Waals surface area contributed by atoms with Crippen molar-refractivity contribution in [3.8, 4) is 5.75 Å². The number of hydrogen-bond donors (Lipinski definition) is 2. The predicted molar refractivity (Wildman–Crippen MR) is 131 cm³/mol. The standard InChI is InChI=1S/C25H34N4O4S/c1-33-22-11-9-20(10-12-22)24(28-15-5-6-16-28)19-26-25(30)29-17-13-21(14-18-29)27-34(31,32)23-7-3-2-4-8-23/h2-4,7-12,21,24,27H,5-6,13-19H2,1H3,(H,26,30)/t24-/m1/s1. The molecule has 0 unspecified atom stereocenters. The zero-order chi connectivity index (χ0) is 24.0. The molecule has 0 spiro atoms.